The third-order valence-electron chi connectivity index (χ3n) is 3.96. The fourth-order valence-corrected chi connectivity index (χ4v) is 2.89. The molecular weight excluding hydrogens is 208 g/mol. The number of nitrogens with zero attached hydrogens (tertiary/aromatic N) is 1. The van der Waals surface area contributed by atoms with Crippen LogP contribution >= 0.6 is 0 Å². The molecule has 0 spiro atoms. The first-order valence-electron chi connectivity index (χ1n) is 6.77. The zero-order chi connectivity index (χ0) is 12.1. The Labute approximate surface area is 105 Å². The Morgan fingerprint density at radius 1 is 1.29 bits per heavy atom. The number of nitrogens with one attached hydrogen (secondary N) is 1. The van der Waals surface area contributed by atoms with Gasteiger partial charge < -0.3 is 5.32 Å². The maximum Gasteiger partial charge on any atom is 0.0233 e. The molecule has 1 aromatic rings. The summed E-state index contributed by atoms with van der Waals surface area (Å²) in [5.74, 6) is 0.803. The summed E-state index contributed by atoms with van der Waals surface area (Å²) in [5, 5.41) is 3.46. The molecule has 0 amide bonds. The van der Waals surface area contributed by atoms with E-state index in [1.54, 1.807) is 0 Å². The maximum atomic E-state index is 3.46. The van der Waals surface area contributed by atoms with Gasteiger partial charge in [0.05, 0.1) is 0 Å². The second kappa shape index (κ2) is 6.18. The average molecular weight is 232 g/mol. The van der Waals surface area contributed by atoms with Crippen molar-refractivity contribution in [1.82, 2.24) is 10.2 Å². The van der Waals surface area contributed by atoms with Crippen molar-refractivity contribution in [2.24, 2.45) is 5.92 Å². The molecule has 2 unspecified atom stereocenters. The lowest BCUT2D eigenvalue weighted by molar-refractivity contribution is 0.132. The van der Waals surface area contributed by atoms with E-state index in [0.29, 0.717) is 6.04 Å². The van der Waals surface area contributed by atoms with Crippen LogP contribution in [0.15, 0.2) is 30.3 Å². The van der Waals surface area contributed by atoms with Crippen molar-refractivity contribution in [2.45, 2.75) is 32.4 Å². The first-order valence-corrected chi connectivity index (χ1v) is 6.77. The normalized spacial score (nSPS) is 26.0. The molecule has 2 rings (SSSR count). The smallest absolute Gasteiger partial charge is 0.0233 e. The Hall–Kier alpha value is -0.860. The van der Waals surface area contributed by atoms with Gasteiger partial charge in [-0.25, -0.2) is 0 Å². The van der Waals surface area contributed by atoms with E-state index in [-0.39, 0.29) is 0 Å². The van der Waals surface area contributed by atoms with Gasteiger partial charge in [-0.2, -0.15) is 0 Å². The van der Waals surface area contributed by atoms with Crippen molar-refractivity contribution >= 4 is 0 Å². The maximum absolute atomic E-state index is 3.46. The van der Waals surface area contributed by atoms with E-state index in [2.05, 4.69) is 54.5 Å². The molecule has 1 aromatic carbocycles. The number of rotatable bonds is 4. The molecule has 0 saturated carbocycles. The zero-order valence-electron chi connectivity index (χ0n) is 11.0. The summed E-state index contributed by atoms with van der Waals surface area (Å²) in [6.07, 6.45) is 2.55. The molecule has 1 N–H and O–H groups in total. The van der Waals surface area contributed by atoms with Gasteiger partial charge in [-0.05, 0) is 31.5 Å². The average Bonchev–Trinajstić information content (AvgIpc) is 2.40. The Morgan fingerprint density at radius 3 is 2.71 bits per heavy atom. The van der Waals surface area contributed by atoms with E-state index in [1.165, 1.54) is 31.5 Å². The van der Waals surface area contributed by atoms with Gasteiger partial charge >= 0.3 is 0 Å². The molecule has 1 aliphatic heterocycles. The Bertz CT molecular complexity index is 323. The van der Waals surface area contributed by atoms with Crippen molar-refractivity contribution < 1.29 is 0 Å². The summed E-state index contributed by atoms with van der Waals surface area (Å²) >= 11 is 0. The molecule has 1 fully saturated rings. The van der Waals surface area contributed by atoms with Crippen molar-refractivity contribution in [2.75, 3.05) is 20.1 Å². The van der Waals surface area contributed by atoms with Crippen LogP contribution in [-0.2, 0) is 6.54 Å². The molecule has 17 heavy (non-hydrogen) atoms. The molecule has 1 saturated heterocycles. The zero-order valence-corrected chi connectivity index (χ0v) is 11.0. The highest BCUT2D eigenvalue weighted by atomic mass is 15.1. The van der Waals surface area contributed by atoms with Gasteiger partial charge in [0, 0.05) is 19.1 Å². The molecule has 2 nitrogen and oxygen atoms in total. The first-order chi connectivity index (χ1) is 8.33. The number of piperidine rings is 1. The van der Waals surface area contributed by atoms with E-state index >= 15 is 0 Å². The van der Waals surface area contributed by atoms with Gasteiger partial charge in [-0.1, -0.05) is 43.7 Å². The number of hydrogen-bond donors (Lipinski definition) is 1. The summed E-state index contributed by atoms with van der Waals surface area (Å²) in [4.78, 5) is 2.59. The van der Waals surface area contributed by atoms with E-state index in [9.17, 15) is 0 Å². The Morgan fingerprint density at radius 2 is 2.06 bits per heavy atom. The van der Waals surface area contributed by atoms with Crippen LogP contribution in [-0.4, -0.2) is 31.1 Å². The minimum atomic E-state index is 0.715. The third-order valence-corrected chi connectivity index (χ3v) is 3.96. The predicted octanol–water partition coefficient (Wildman–Crippen LogP) is 2.51. The molecular formula is C15H24N2. The van der Waals surface area contributed by atoms with Crippen molar-refractivity contribution in [3.63, 3.8) is 0 Å². The SMILES string of the molecule is CCC1CN(Cc2ccccc2)CCC1NC. The highest BCUT2D eigenvalue weighted by molar-refractivity contribution is 5.14. The van der Waals surface area contributed by atoms with Gasteiger partial charge in [-0.15, -0.1) is 0 Å². The van der Waals surface area contributed by atoms with Crippen molar-refractivity contribution in [3.05, 3.63) is 35.9 Å². The highest BCUT2D eigenvalue weighted by Gasteiger charge is 2.26. The second-order valence-corrected chi connectivity index (χ2v) is 5.07. The van der Waals surface area contributed by atoms with Gasteiger partial charge in [-0.3, -0.25) is 4.90 Å². The molecule has 2 heteroatoms. The van der Waals surface area contributed by atoms with Crippen LogP contribution in [0.5, 0.6) is 0 Å². The van der Waals surface area contributed by atoms with Crippen LogP contribution < -0.4 is 5.32 Å². The summed E-state index contributed by atoms with van der Waals surface area (Å²) in [5.41, 5.74) is 1.44. The lowest BCUT2D eigenvalue weighted by Gasteiger charge is -2.38. The molecule has 94 valence electrons. The van der Waals surface area contributed by atoms with Crippen molar-refractivity contribution in [3.8, 4) is 0 Å². The molecule has 0 radical (unpaired) electrons. The first kappa shape index (κ1) is 12.6. The van der Waals surface area contributed by atoms with Gasteiger partial charge in [0.15, 0.2) is 0 Å². The third kappa shape index (κ3) is 3.30. The molecule has 0 bridgehead atoms. The minimum absolute atomic E-state index is 0.715. The highest BCUT2D eigenvalue weighted by Crippen LogP contribution is 2.21. The van der Waals surface area contributed by atoms with Crippen LogP contribution in [0, 0.1) is 5.92 Å². The lowest BCUT2D eigenvalue weighted by atomic mass is 9.90. The summed E-state index contributed by atoms with van der Waals surface area (Å²) in [6.45, 7) is 5.86. The van der Waals surface area contributed by atoms with Gasteiger partial charge in [0.2, 0.25) is 0 Å². The Balaban J connectivity index is 1.91. The summed E-state index contributed by atoms with van der Waals surface area (Å²) in [6, 6.07) is 11.5. The van der Waals surface area contributed by atoms with Gasteiger partial charge in [0.1, 0.15) is 0 Å². The molecule has 0 aliphatic carbocycles. The van der Waals surface area contributed by atoms with Crippen molar-refractivity contribution in [1.29, 1.82) is 0 Å². The van der Waals surface area contributed by atoms with E-state index in [4.69, 9.17) is 0 Å². The molecule has 0 aromatic heterocycles. The number of likely N-dealkylation sites (tertiary alicyclic amines) is 1. The molecule has 2 atom stereocenters. The number of hydrogen-bond acceptors (Lipinski definition) is 2. The monoisotopic (exact) mass is 232 g/mol. The fourth-order valence-electron chi connectivity index (χ4n) is 2.89. The topological polar surface area (TPSA) is 15.3 Å². The van der Waals surface area contributed by atoms with Crippen LogP contribution in [0.25, 0.3) is 0 Å². The lowest BCUT2D eigenvalue weighted by Crippen LogP contribution is -2.47. The van der Waals surface area contributed by atoms with Crippen LogP contribution in [0.4, 0.5) is 0 Å². The van der Waals surface area contributed by atoms with Gasteiger partial charge in [0.25, 0.3) is 0 Å². The van der Waals surface area contributed by atoms with Crippen LogP contribution in [0.2, 0.25) is 0 Å². The quantitative estimate of drug-likeness (QED) is 0.858. The van der Waals surface area contributed by atoms with E-state index in [0.717, 1.165) is 12.5 Å². The summed E-state index contributed by atoms with van der Waals surface area (Å²) < 4.78 is 0. The van der Waals surface area contributed by atoms with E-state index < -0.39 is 0 Å². The van der Waals surface area contributed by atoms with E-state index in [1.807, 2.05) is 0 Å². The van der Waals surface area contributed by atoms with Crippen LogP contribution in [0.3, 0.4) is 0 Å². The standard InChI is InChI=1S/C15H24N2/c1-3-14-12-17(10-9-15(14)16-2)11-13-7-5-4-6-8-13/h4-8,14-16H,3,9-12H2,1-2H3. The largest absolute Gasteiger partial charge is 0.317 e. The summed E-state index contributed by atoms with van der Waals surface area (Å²) in [7, 11) is 2.10. The minimum Gasteiger partial charge on any atom is -0.317 e. The predicted molar refractivity (Wildman–Crippen MR) is 73.0 cm³/mol. The second-order valence-electron chi connectivity index (χ2n) is 5.07. The van der Waals surface area contributed by atoms with Crippen LogP contribution in [0.1, 0.15) is 25.3 Å². The molecule has 1 aliphatic rings. The fraction of sp³-hybridized carbons (Fsp3) is 0.600. The molecule has 1 heterocycles. The number of benzene rings is 1. The Kier molecular flexibility index (Phi) is 4.57.